The highest BCUT2D eigenvalue weighted by atomic mass is 35.5. The number of ether oxygens (including phenoxy) is 1. The van der Waals surface area contributed by atoms with Gasteiger partial charge in [0.15, 0.2) is 11.6 Å². The number of nitrogens with zero attached hydrogens (tertiary/aromatic N) is 1. The minimum Gasteiger partial charge on any atom is -0.591 e. The summed E-state index contributed by atoms with van der Waals surface area (Å²) >= 11 is 4.55. The van der Waals surface area contributed by atoms with Crippen molar-refractivity contribution in [2.75, 3.05) is 0 Å². The minimum absolute atomic E-state index is 0.0802. The highest BCUT2D eigenvalue weighted by Gasteiger charge is 2.26. The fourth-order valence-corrected chi connectivity index (χ4v) is 2.32. The Balaban J connectivity index is 2.30. The van der Waals surface area contributed by atoms with Crippen LogP contribution in [0.3, 0.4) is 0 Å². The van der Waals surface area contributed by atoms with Crippen LogP contribution in [-0.2, 0) is 11.4 Å². The third-order valence-corrected chi connectivity index (χ3v) is 4.50. The lowest BCUT2D eigenvalue weighted by molar-refractivity contribution is 0.442. The van der Waals surface area contributed by atoms with Gasteiger partial charge in [-0.2, -0.15) is 0 Å². The normalized spacial score (nSPS) is 13.3. The first-order chi connectivity index (χ1) is 10.8. The zero-order chi connectivity index (χ0) is 17.0. The van der Waals surface area contributed by atoms with Gasteiger partial charge in [0.05, 0.1) is 11.2 Å². The smallest absolute Gasteiger partial charge is 0.182 e. The fourth-order valence-electron chi connectivity index (χ4n) is 1.61. The average molecular weight is 354 g/mol. The summed E-state index contributed by atoms with van der Waals surface area (Å²) in [7, 11) is 0. The number of hydrogen-bond donors (Lipinski definition) is 0. The van der Waals surface area contributed by atoms with E-state index in [1.807, 2.05) is 6.07 Å². The number of benzene rings is 2. The third-order valence-electron chi connectivity index (χ3n) is 2.85. The van der Waals surface area contributed by atoms with Gasteiger partial charge in [-0.1, -0.05) is 34.2 Å². The molecule has 0 heterocycles. The van der Waals surface area contributed by atoms with Gasteiger partial charge >= 0.3 is 0 Å². The van der Waals surface area contributed by atoms with Gasteiger partial charge in [0, 0.05) is 5.56 Å². The van der Waals surface area contributed by atoms with Crippen LogP contribution >= 0.6 is 11.6 Å². The molecule has 0 fully saturated rings. The SMILES string of the molecule is CC(C)(C)[S+]([O-])/N=C/c1ccc(Cl)c(Oc2ccccc2)c1F. The molecule has 0 aliphatic rings. The topological polar surface area (TPSA) is 44.7 Å². The molecule has 0 spiro atoms. The van der Waals surface area contributed by atoms with Crippen molar-refractivity contribution < 1.29 is 13.7 Å². The number of halogens is 2. The van der Waals surface area contributed by atoms with E-state index in [2.05, 4.69) is 4.40 Å². The van der Waals surface area contributed by atoms with Crippen molar-refractivity contribution in [2.24, 2.45) is 4.40 Å². The predicted molar refractivity (Wildman–Crippen MR) is 93.4 cm³/mol. The molecule has 23 heavy (non-hydrogen) atoms. The molecule has 0 aliphatic carbocycles. The molecule has 0 saturated heterocycles. The van der Waals surface area contributed by atoms with Crippen LogP contribution in [0.25, 0.3) is 0 Å². The van der Waals surface area contributed by atoms with Crippen molar-refractivity contribution in [3.63, 3.8) is 0 Å². The summed E-state index contributed by atoms with van der Waals surface area (Å²) in [6.07, 6.45) is 1.24. The molecule has 2 aromatic carbocycles. The maximum atomic E-state index is 14.6. The molecular weight excluding hydrogens is 337 g/mol. The zero-order valence-electron chi connectivity index (χ0n) is 13.0. The molecule has 0 bridgehead atoms. The van der Waals surface area contributed by atoms with Crippen molar-refractivity contribution in [3.8, 4) is 11.5 Å². The predicted octanol–water partition coefficient (Wildman–Crippen LogP) is 5.15. The van der Waals surface area contributed by atoms with Crippen molar-refractivity contribution in [1.29, 1.82) is 0 Å². The van der Waals surface area contributed by atoms with Crippen molar-refractivity contribution in [3.05, 3.63) is 58.9 Å². The monoisotopic (exact) mass is 353 g/mol. The maximum Gasteiger partial charge on any atom is 0.182 e. The second-order valence-corrected chi connectivity index (χ2v) is 8.13. The Hall–Kier alpha value is -1.56. The Morgan fingerprint density at radius 1 is 1.17 bits per heavy atom. The van der Waals surface area contributed by atoms with Gasteiger partial charge in [-0.3, -0.25) is 0 Å². The van der Waals surface area contributed by atoms with Crippen LogP contribution < -0.4 is 4.74 Å². The number of hydrogen-bond acceptors (Lipinski definition) is 3. The molecule has 3 nitrogen and oxygen atoms in total. The first-order valence-corrected chi connectivity index (χ1v) is 8.44. The molecule has 0 N–H and O–H groups in total. The molecule has 0 radical (unpaired) electrons. The zero-order valence-corrected chi connectivity index (χ0v) is 14.6. The Bertz CT molecular complexity index is 702. The van der Waals surface area contributed by atoms with Crippen LogP contribution in [0, 0.1) is 5.82 Å². The molecule has 0 aliphatic heterocycles. The highest BCUT2D eigenvalue weighted by molar-refractivity contribution is 7.91. The molecule has 0 aromatic heterocycles. The van der Waals surface area contributed by atoms with Gasteiger partial charge in [-0.05, 0) is 45.0 Å². The van der Waals surface area contributed by atoms with Crippen molar-refractivity contribution in [1.82, 2.24) is 0 Å². The van der Waals surface area contributed by atoms with Crippen LogP contribution in [0.5, 0.6) is 11.5 Å². The number of para-hydroxylation sites is 1. The molecule has 6 heteroatoms. The summed E-state index contributed by atoms with van der Waals surface area (Å²) in [5.74, 6) is -0.250. The molecule has 0 saturated carbocycles. The standard InChI is InChI=1S/C17H17ClFNO2S/c1-17(2,3)23(21)20-11-12-9-10-14(18)16(15(12)19)22-13-7-5-4-6-8-13/h4-11H,1-3H3/b20-11+. The molecular formula is C17H17ClFNO2S. The summed E-state index contributed by atoms with van der Waals surface area (Å²) in [5, 5.41) is 0.153. The van der Waals surface area contributed by atoms with Gasteiger partial charge in [0.1, 0.15) is 21.9 Å². The van der Waals surface area contributed by atoms with E-state index in [-0.39, 0.29) is 16.3 Å². The van der Waals surface area contributed by atoms with Crippen LogP contribution in [0.2, 0.25) is 5.02 Å². The van der Waals surface area contributed by atoms with Crippen molar-refractivity contribution >= 4 is 29.2 Å². The third kappa shape index (κ3) is 4.70. The first-order valence-electron chi connectivity index (χ1n) is 6.96. The first kappa shape index (κ1) is 17.8. The van der Waals surface area contributed by atoms with Crippen LogP contribution in [0.15, 0.2) is 46.9 Å². The minimum atomic E-state index is -1.47. The van der Waals surface area contributed by atoms with Crippen LogP contribution in [0.4, 0.5) is 4.39 Å². The molecule has 2 rings (SSSR count). The van der Waals surface area contributed by atoms with E-state index in [4.69, 9.17) is 16.3 Å². The van der Waals surface area contributed by atoms with E-state index < -0.39 is 21.9 Å². The van der Waals surface area contributed by atoms with E-state index in [0.29, 0.717) is 5.75 Å². The van der Waals surface area contributed by atoms with E-state index >= 15 is 0 Å². The second-order valence-electron chi connectivity index (χ2n) is 5.79. The summed E-state index contributed by atoms with van der Waals surface area (Å²) in [4.78, 5) is 0. The second kappa shape index (κ2) is 7.34. The lowest BCUT2D eigenvalue weighted by Crippen LogP contribution is -2.25. The van der Waals surface area contributed by atoms with Gasteiger partial charge in [0.2, 0.25) is 0 Å². The summed E-state index contributed by atoms with van der Waals surface area (Å²) in [6.45, 7) is 5.38. The van der Waals surface area contributed by atoms with Gasteiger partial charge < -0.3 is 9.29 Å². The lowest BCUT2D eigenvalue weighted by Gasteiger charge is -2.17. The summed E-state index contributed by atoms with van der Waals surface area (Å²) in [5.41, 5.74) is 0.165. The van der Waals surface area contributed by atoms with Gasteiger partial charge in [-0.15, -0.1) is 0 Å². The number of rotatable bonds is 4. The quantitative estimate of drug-likeness (QED) is 0.563. The Labute approximate surface area is 143 Å². The molecule has 2 aromatic rings. The van der Waals surface area contributed by atoms with Gasteiger partial charge in [0.25, 0.3) is 0 Å². The van der Waals surface area contributed by atoms with E-state index in [9.17, 15) is 8.94 Å². The van der Waals surface area contributed by atoms with Crippen LogP contribution in [0.1, 0.15) is 26.3 Å². The Morgan fingerprint density at radius 3 is 2.43 bits per heavy atom. The van der Waals surface area contributed by atoms with Crippen molar-refractivity contribution in [2.45, 2.75) is 25.5 Å². The summed E-state index contributed by atoms with van der Waals surface area (Å²) in [6, 6.07) is 11.8. The summed E-state index contributed by atoms with van der Waals surface area (Å²) < 4.78 is 35.4. The Kier molecular flexibility index (Phi) is 5.68. The molecule has 122 valence electrons. The van der Waals surface area contributed by atoms with Crippen LogP contribution in [-0.4, -0.2) is 15.5 Å². The maximum absolute atomic E-state index is 14.6. The highest BCUT2D eigenvalue weighted by Crippen LogP contribution is 2.33. The van der Waals surface area contributed by atoms with E-state index in [1.165, 1.54) is 18.3 Å². The Morgan fingerprint density at radius 2 is 1.83 bits per heavy atom. The fraction of sp³-hybridized carbons (Fsp3) is 0.235. The van der Waals surface area contributed by atoms with E-state index in [0.717, 1.165) is 0 Å². The molecule has 0 amide bonds. The van der Waals surface area contributed by atoms with E-state index in [1.54, 1.807) is 45.0 Å². The average Bonchev–Trinajstić information content (AvgIpc) is 2.50. The lowest BCUT2D eigenvalue weighted by atomic mass is 10.2. The van der Waals surface area contributed by atoms with Gasteiger partial charge in [-0.25, -0.2) is 4.39 Å². The molecule has 1 unspecified atom stereocenters. The largest absolute Gasteiger partial charge is 0.591 e. The molecule has 1 atom stereocenters.